The zero-order chi connectivity index (χ0) is 8.20. The van der Waals surface area contributed by atoms with E-state index in [-0.39, 0.29) is 38.4 Å². The van der Waals surface area contributed by atoms with E-state index in [1.807, 2.05) is 0 Å². The Balaban J connectivity index is -0.000000135. The summed E-state index contributed by atoms with van der Waals surface area (Å²) in [5.41, 5.74) is 0. The van der Waals surface area contributed by atoms with Crippen molar-refractivity contribution in [3.63, 3.8) is 0 Å². The van der Waals surface area contributed by atoms with Gasteiger partial charge in [-0.15, -0.1) is 0 Å². The Kier molecular flexibility index (Phi) is 7.17. The van der Waals surface area contributed by atoms with Gasteiger partial charge in [0.15, 0.2) is 0 Å². The van der Waals surface area contributed by atoms with Gasteiger partial charge in [0.1, 0.15) is 0 Å². The second-order valence-electron chi connectivity index (χ2n) is 1.77. The van der Waals surface area contributed by atoms with Crippen molar-refractivity contribution in [1.29, 1.82) is 0 Å². The van der Waals surface area contributed by atoms with Crippen molar-refractivity contribution in [2.24, 2.45) is 0 Å². The van der Waals surface area contributed by atoms with Gasteiger partial charge in [0, 0.05) is 13.5 Å². The van der Waals surface area contributed by atoms with Gasteiger partial charge in [-0.05, 0) is 0 Å². The van der Waals surface area contributed by atoms with Gasteiger partial charge in [0.25, 0.3) is 10.1 Å². The van der Waals surface area contributed by atoms with Gasteiger partial charge < -0.3 is 8.17 Å². The summed E-state index contributed by atoms with van der Waals surface area (Å²) in [5.74, 6) is -0.754. The average molecular weight is 194 g/mol. The van der Waals surface area contributed by atoms with Crippen LogP contribution in [0.4, 0.5) is 0 Å². The molecule has 64 valence electrons. The van der Waals surface area contributed by atoms with Crippen LogP contribution in [0, 0.1) is 0 Å². The van der Waals surface area contributed by atoms with Gasteiger partial charge >= 0.3 is 23.1 Å². The molecule has 0 aliphatic heterocycles. The second-order valence-corrected chi connectivity index (χ2v) is 3.34. The molecule has 0 aromatic carbocycles. The van der Waals surface area contributed by atoms with Crippen molar-refractivity contribution in [1.82, 2.24) is 5.32 Å². The van der Waals surface area contributed by atoms with E-state index in [0.29, 0.717) is 0 Å². The van der Waals surface area contributed by atoms with Crippen LogP contribution < -0.4 is 5.32 Å². The molecule has 2 N–H and O–H groups in total. The summed E-state index contributed by atoms with van der Waals surface area (Å²) in [4.78, 5) is 10.1. The number of amides is 1. The molecule has 0 unspecified atom stereocenters. The van der Waals surface area contributed by atoms with Crippen molar-refractivity contribution in [3.8, 4) is 0 Å². The Morgan fingerprint density at radius 2 is 2.09 bits per heavy atom. The van der Waals surface area contributed by atoms with Crippen molar-refractivity contribution in [3.05, 3.63) is 0 Å². The Labute approximate surface area is 84.4 Å². The van der Waals surface area contributed by atoms with Crippen LogP contribution in [0.25, 0.3) is 0 Å². The Morgan fingerprint density at radius 3 is 2.36 bits per heavy atom. The molecule has 0 saturated carbocycles. The fraction of sp³-hybridized carbons (Fsp3) is 0.750. The number of hydrogen-bond acceptors (Lipinski definition) is 3. The smallest absolute Gasteiger partial charge is 1.00 e. The molecule has 0 bridgehead atoms. The third kappa shape index (κ3) is 13.2. The molecule has 7 heteroatoms. The van der Waals surface area contributed by atoms with E-state index in [1.54, 1.807) is 0 Å². The van der Waals surface area contributed by atoms with E-state index in [1.165, 1.54) is 6.92 Å². The van der Waals surface area contributed by atoms with Crippen molar-refractivity contribution >= 4 is 39.1 Å². The number of carbonyl (C=O) groups is 1. The maximum absolute atomic E-state index is 10.1. The van der Waals surface area contributed by atoms with Crippen LogP contribution >= 0.6 is 0 Å². The standard InChI is InChI=1S/C4H9NO4S.Mg.2H/c1-4(6)5-2-3-10(7,8)9;;;/h2-3H2,1H3,(H,5,6)(H,7,8,9);;;/q;+2;2*-1. The zero-order valence-corrected chi connectivity index (χ0v) is 8.43. The molecule has 0 heterocycles. The fourth-order valence-corrected chi connectivity index (χ4v) is 0.716. The Hall–Kier alpha value is 0.146. The Morgan fingerprint density at radius 1 is 1.64 bits per heavy atom. The van der Waals surface area contributed by atoms with Crippen LogP contribution in [0.1, 0.15) is 9.78 Å². The first kappa shape index (κ1) is 13.7. The molecule has 0 spiro atoms. The largest absolute Gasteiger partial charge is 2.00 e. The van der Waals surface area contributed by atoms with Crippen LogP contribution in [-0.2, 0) is 14.9 Å². The van der Waals surface area contributed by atoms with Crippen LogP contribution in [-0.4, -0.2) is 54.2 Å². The zero-order valence-electron chi connectivity index (χ0n) is 8.20. The topological polar surface area (TPSA) is 83.5 Å². The summed E-state index contributed by atoms with van der Waals surface area (Å²) in [5, 5.41) is 2.22. The van der Waals surface area contributed by atoms with Gasteiger partial charge in [0.2, 0.25) is 5.91 Å². The SMILES string of the molecule is CC(=O)NCCS(=O)(=O)O.[H-].[H-].[Mg+2]. The van der Waals surface area contributed by atoms with Crippen LogP contribution in [0.15, 0.2) is 0 Å². The first-order chi connectivity index (χ1) is 4.42. The molecule has 0 aliphatic carbocycles. The molecule has 0 aromatic rings. The van der Waals surface area contributed by atoms with Crippen LogP contribution in [0.2, 0.25) is 0 Å². The molecular weight excluding hydrogens is 182 g/mol. The molecule has 0 rings (SSSR count). The summed E-state index contributed by atoms with van der Waals surface area (Å²) in [6.45, 7) is 1.22. The van der Waals surface area contributed by atoms with Gasteiger partial charge in [0.05, 0.1) is 5.75 Å². The van der Waals surface area contributed by atoms with E-state index in [4.69, 9.17) is 4.55 Å². The molecule has 1 amide bonds. The first-order valence-electron chi connectivity index (χ1n) is 2.61. The maximum atomic E-state index is 10.1. The minimum Gasteiger partial charge on any atom is -1.00 e. The second kappa shape index (κ2) is 5.75. The molecule has 0 atom stereocenters. The van der Waals surface area contributed by atoms with E-state index >= 15 is 0 Å². The molecule has 0 aliphatic rings. The van der Waals surface area contributed by atoms with Gasteiger partial charge in [-0.2, -0.15) is 8.42 Å². The first-order valence-corrected chi connectivity index (χ1v) is 4.22. The van der Waals surface area contributed by atoms with E-state index in [2.05, 4.69) is 5.32 Å². The van der Waals surface area contributed by atoms with Crippen molar-refractivity contribution < 1.29 is 20.6 Å². The van der Waals surface area contributed by atoms with Crippen LogP contribution in [0.3, 0.4) is 0 Å². The minimum atomic E-state index is -3.93. The predicted molar refractivity (Wildman–Crippen MR) is 43.1 cm³/mol. The van der Waals surface area contributed by atoms with Gasteiger partial charge in [-0.25, -0.2) is 0 Å². The quantitative estimate of drug-likeness (QED) is 0.438. The van der Waals surface area contributed by atoms with Crippen molar-refractivity contribution in [2.75, 3.05) is 12.3 Å². The van der Waals surface area contributed by atoms with E-state index in [9.17, 15) is 13.2 Å². The monoisotopic (exact) mass is 193 g/mol. The van der Waals surface area contributed by atoms with E-state index in [0.717, 1.165) is 0 Å². The summed E-state index contributed by atoms with van der Waals surface area (Å²) in [6, 6.07) is 0. The molecule has 0 fully saturated rings. The molecule has 0 radical (unpaired) electrons. The minimum absolute atomic E-state index is 0. The number of hydrogen-bond donors (Lipinski definition) is 2. The normalized spacial score (nSPS) is 10.0. The summed E-state index contributed by atoms with van der Waals surface area (Å²) in [7, 11) is -3.93. The molecule has 0 aromatic heterocycles. The summed E-state index contributed by atoms with van der Waals surface area (Å²) in [6.07, 6.45) is 0. The fourth-order valence-electron chi connectivity index (χ4n) is 0.356. The maximum Gasteiger partial charge on any atom is 2.00 e. The molecular formula is C4H11MgNO4S. The third-order valence-electron chi connectivity index (χ3n) is 0.734. The summed E-state index contributed by atoms with van der Waals surface area (Å²) < 4.78 is 28.2. The number of nitrogens with one attached hydrogen (secondary N) is 1. The average Bonchev–Trinajstić information content (AvgIpc) is 1.59. The van der Waals surface area contributed by atoms with Gasteiger partial charge in [-0.1, -0.05) is 0 Å². The number of carbonyl (C=O) groups excluding carboxylic acids is 1. The van der Waals surface area contributed by atoms with Crippen molar-refractivity contribution in [2.45, 2.75) is 6.92 Å². The molecule has 5 nitrogen and oxygen atoms in total. The van der Waals surface area contributed by atoms with Gasteiger partial charge in [-0.3, -0.25) is 9.35 Å². The molecule has 11 heavy (non-hydrogen) atoms. The van der Waals surface area contributed by atoms with Crippen LogP contribution in [0.5, 0.6) is 0 Å². The summed E-state index contributed by atoms with van der Waals surface area (Å²) >= 11 is 0. The Bertz CT molecular complexity index is 220. The molecule has 0 saturated heterocycles. The van der Waals surface area contributed by atoms with E-state index < -0.39 is 15.9 Å². The third-order valence-corrected chi connectivity index (χ3v) is 1.45. The number of rotatable bonds is 3. The predicted octanol–water partition coefficient (Wildman–Crippen LogP) is -1.15.